The van der Waals surface area contributed by atoms with E-state index >= 15 is 0 Å². The van der Waals surface area contributed by atoms with Crippen LogP contribution in [-0.4, -0.2) is 106 Å². The number of halogens is 1. The molecule has 0 bridgehead atoms. The third-order valence-electron chi connectivity index (χ3n) is 12.8. The van der Waals surface area contributed by atoms with Crippen LogP contribution in [0, 0.1) is 5.82 Å². The van der Waals surface area contributed by atoms with Crippen molar-refractivity contribution in [2.45, 2.75) is 262 Å². The third-order valence-corrected chi connectivity index (χ3v) is 15.2. The molecule has 0 aromatic carbocycles. The third kappa shape index (κ3) is 33.7. The molecule has 10 heterocycles. The second kappa shape index (κ2) is 36.4. The normalized spacial score (nSPS) is 11.9. The van der Waals surface area contributed by atoms with Crippen LogP contribution >= 0.6 is 22.7 Å². The van der Waals surface area contributed by atoms with Gasteiger partial charge < -0.3 is 53.8 Å². The Hall–Kier alpha value is -9.01. The number of anilines is 6. The summed E-state index contributed by atoms with van der Waals surface area (Å²) in [6.07, 6.45) is 8.10. The van der Waals surface area contributed by atoms with Crippen LogP contribution in [0.25, 0.3) is 0 Å². The number of thiazole rings is 1. The Morgan fingerprint density at radius 3 is 1.33 bits per heavy atom. The minimum absolute atomic E-state index is 0.00458. The number of H-pyrrole nitrogens is 3. The van der Waals surface area contributed by atoms with E-state index in [2.05, 4.69) is 201 Å². The molecule has 0 radical (unpaired) electrons. The van der Waals surface area contributed by atoms with Crippen molar-refractivity contribution in [1.29, 1.82) is 0 Å². The van der Waals surface area contributed by atoms with Gasteiger partial charge in [-0.2, -0.15) is 25.5 Å². The maximum Gasteiger partial charge on any atom is 0.312 e. The molecule has 0 saturated carbocycles. The fraction of sp³-hybridized carbons (Fsp3) is 0.612. The highest BCUT2D eigenvalue weighted by atomic mass is 32.1. The van der Waals surface area contributed by atoms with Crippen molar-refractivity contribution in [3.63, 3.8) is 0 Å². The summed E-state index contributed by atoms with van der Waals surface area (Å²) in [6.45, 7) is 62.2. The number of nitrogens with two attached hydrogens (primary N) is 7. The number of aromatic nitrogens is 21. The molecule has 0 saturated heterocycles. The topological polar surface area (TPSA) is 472 Å². The van der Waals surface area contributed by atoms with Gasteiger partial charge in [-0.15, -0.1) is 52.1 Å². The first-order chi connectivity index (χ1) is 45.1. The molecule has 30 nitrogen and oxygen atoms in total. The molecule has 10 aromatic rings. The van der Waals surface area contributed by atoms with Gasteiger partial charge in [0.15, 0.2) is 11.6 Å². The van der Waals surface area contributed by atoms with Gasteiger partial charge >= 0.3 is 6.01 Å². The number of nitrogens with zero attached hydrogens (tertiary/aromatic N) is 18. The fourth-order valence-corrected chi connectivity index (χ4v) is 8.17. The summed E-state index contributed by atoms with van der Waals surface area (Å²) in [4.78, 5) is 13.1. The quantitative estimate of drug-likeness (QED) is 0.0630. The van der Waals surface area contributed by atoms with E-state index in [1.165, 1.54) is 39.5 Å². The molecular formula is C67H119FN28O2S2. The van der Waals surface area contributed by atoms with E-state index < -0.39 is 0 Å². The van der Waals surface area contributed by atoms with Crippen molar-refractivity contribution < 1.29 is 13.3 Å². The van der Waals surface area contributed by atoms with Gasteiger partial charge in [-0.25, -0.2) is 9.07 Å². The van der Waals surface area contributed by atoms with Crippen molar-refractivity contribution in [3.8, 4) is 0 Å². The number of nitrogen functional groups attached to an aromatic ring is 7. The molecule has 100 heavy (non-hydrogen) atoms. The second-order valence-corrected chi connectivity index (χ2v) is 35.3. The second-order valence-electron chi connectivity index (χ2n) is 33.4. The largest absolute Gasteiger partial charge is 0.408 e. The van der Waals surface area contributed by atoms with E-state index in [9.17, 15) is 4.39 Å². The van der Waals surface area contributed by atoms with Gasteiger partial charge in [-0.1, -0.05) is 229 Å². The zero-order chi connectivity index (χ0) is 77.6. The highest BCUT2D eigenvalue weighted by Gasteiger charge is 2.25. The molecule has 0 amide bonds. The smallest absolute Gasteiger partial charge is 0.312 e. The molecule has 10 aromatic heterocycles. The zero-order valence-corrected chi connectivity index (χ0v) is 66.9. The van der Waals surface area contributed by atoms with Crippen molar-refractivity contribution in [2.24, 2.45) is 7.05 Å². The molecule has 0 aliphatic carbocycles. The van der Waals surface area contributed by atoms with Gasteiger partial charge in [0.25, 0.3) is 0 Å². The maximum atomic E-state index is 12.6. The van der Waals surface area contributed by atoms with Crippen molar-refractivity contribution >= 4 is 57.4 Å². The van der Waals surface area contributed by atoms with E-state index in [-0.39, 0.29) is 66.0 Å². The first-order valence-electron chi connectivity index (χ1n) is 32.2. The van der Waals surface area contributed by atoms with Gasteiger partial charge in [-0.3, -0.25) is 20.2 Å². The first kappa shape index (κ1) is 89.0. The van der Waals surface area contributed by atoms with E-state index in [1.807, 2.05) is 129 Å². The van der Waals surface area contributed by atoms with Crippen LogP contribution < -0.4 is 40.2 Å². The highest BCUT2D eigenvalue weighted by molar-refractivity contribution is 7.15. The van der Waals surface area contributed by atoms with Crippen molar-refractivity contribution in [1.82, 2.24) is 106 Å². The minimum atomic E-state index is -0.266. The number of rotatable bonds is 0. The van der Waals surface area contributed by atoms with E-state index in [4.69, 9.17) is 49.2 Å². The van der Waals surface area contributed by atoms with Crippen LogP contribution in [-0.2, 0) is 61.2 Å². The first-order valence-corrected chi connectivity index (χ1v) is 33.9. The Bertz CT molecular complexity index is 3520. The Kier molecular flexibility index (Phi) is 32.4. The summed E-state index contributed by atoms with van der Waals surface area (Å²) in [6, 6.07) is 5.26. The lowest BCUT2D eigenvalue weighted by molar-refractivity contribution is 0.331. The molecular weight excluding hydrogens is 1310 g/mol. The van der Waals surface area contributed by atoms with E-state index in [0.29, 0.717) is 34.6 Å². The number of pyridine rings is 1. The Labute approximate surface area is 599 Å². The summed E-state index contributed by atoms with van der Waals surface area (Å²) in [7, 11) is 1.87. The molecule has 0 spiro atoms. The summed E-state index contributed by atoms with van der Waals surface area (Å²) in [5.74, 6) is 11.0. The molecule has 10 rings (SSSR count). The van der Waals surface area contributed by atoms with Gasteiger partial charge in [0.1, 0.15) is 40.4 Å². The summed E-state index contributed by atoms with van der Waals surface area (Å²) < 4.78 is 25.8. The molecule has 0 fully saturated rings. The molecule has 0 unspecified atom stereocenters. The lowest BCUT2D eigenvalue weighted by Crippen LogP contribution is -2.22. The minimum Gasteiger partial charge on any atom is -0.408 e. The number of hydrogen-bond acceptors (Lipinski definition) is 27. The van der Waals surface area contributed by atoms with Crippen LogP contribution in [0.15, 0.2) is 63.8 Å². The van der Waals surface area contributed by atoms with E-state index in [1.54, 1.807) is 34.4 Å². The van der Waals surface area contributed by atoms with Crippen LogP contribution in [0.4, 0.5) is 39.1 Å². The lowest BCUT2D eigenvalue weighted by Gasteiger charge is -2.17. The predicted molar refractivity (Wildman–Crippen MR) is 403 cm³/mol. The van der Waals surface area contributed by atoms with Crippen LogP contribution in [0.5, 0.6) is 0 Å². The molecule has 33 heteroatoms. The number of nitrogens with one attached hydrogen (secondary N) is 3. The molecule has 0 aliphatic rings. The summed E-state index contributed by atoms with van der Waals surface area (Å²) in [5.41, 5.74) is 37.7. The SMILES string of the molecule is CC(C)(C)c1cc(N)n[nH]1.CC(C)(C)c1cc(N)no1.CC(C)(C)c1cn[nH]n1.CC(C)(C)c1cncc(F)c1.CC(C)(C)c1cncs1.CC(C)(C)c1nc(N)n[nH]1.CC(C)(C)c1nnc(N)o1.CC(C)(C)c1nnc(N)s1.CC(C)(C)c1nncn1N.Cn1c(N)nnc1C(C)(C)C. The highest BCUT2D eigenvalue weighted by Crippen LogP contribution is 2.29. The summed E-state index contributed by atoms with van der Waals surface area (Å²) >= 11 is 3.17. The zero-order valence-electron chi connectivity index (χ0n) is 65.3. The lowest BCUT2D eigenvalue weighted by atomic mass is 9.88. The fourth-order valence-electron chi connectivity index (χ4n) is 6.79. The number of aromatic amines is 3. The van der Waals surface area contributed by atoms with Gasteiger partial charge in [0, 0.05) is 85.5 Å². The van der Waals surface area contributed by atoms with Gasteiger partial charge in [-0.05, 0) is 22.5 Å². The molecule has 0 aliphatic heterocycles. The summed E-state index contributed by atoms with van der Waals surface area (Å²) in [5, 5.41) is 58.8. The monoisotopic (exact) mass is 1430 g/mol. The number of hydrogen-bond donors (Lipinski definition) is 10. The average Bonchev–Trinajstić information content (AvgIpc) is 1.64. The Morgan fingerprint density at radius 1 is 0.510 bits per heavy atom. The molecule has 0 atom stereocenters. The standard InChI is InChI=1S/C9H12FN.C7H14N4.C7H13N3.C7H12N2O.C7H11NS.2C6H12N4.C6H11N3O.C6H11N3S.C6H11N3/c1-9(2,3)7-4-8(10)6-11-5-7;1-7(2,3)5-9-10-6(8)11(5)4;1-7(2,3)5-4-6(8)10-9-5;1-7(2,3)5-4-6(8)9-10-5;1-7(2,3)6-4-8-5-9-6;1-6(2,3)5-9-8-4-10(5)7;1-6(2,3)4-8-5(7)10-9-4;2*1-6(2,3)4-8-9-5(7)10-4;1-6(2,3)5-4-7-9-8-5/h4-6H,1-3H3;1-4H3,(H2,8,10);4H,1-3H3,(H3,8,9,10);4H,1-3H3,(H2,8,9);4-5H,1-3H3;4H,7H2,1-3H3;1-3H3,(H3,7,8,9,10);2*1-3H3,(H2,7,9);4H,1-3H3,(H,7,8,9). The van der Waals surface area contributed by atoms with Crippen LogP contribution in [0.3, 0.4) is 0 Å². The van der Waals surface area contributed by atoms with Crippen LogP contribution in [0.1, 0.15) is 264 Å². The van der Waals surface area contributed by atoms with Gasteiger partial charge in [0.05, 0.1) is 23.6 Å². The Balaban J connectivity index is 0.000000556. The molecule has 558 valence electrons. The maximum absolute atomic E-state index is 12.6. The van der Waals surface area contributed by atoms with Crippen molar-refractivity contribution in [3.05, 3.63) is 117 Å². The van der Waals surface area contributed by atoms with Crippen LogP contribution in [0.2, 0.25) is 0 Å². The van der Waals surface area contributed by atoms with Crippen molar-refractivity contribution in [2.75, 3.05) is 40.2 Å². The predicted octanol–water partition coefficient (Wildman–Crippen LogP) is 12.9. The average molecular weight is 1430 g/mol. The Morgan fingerprint density at radius 2 is 1.11 bits per heavy atom. The van der Waals surface area contributed by atoms with E-state index in [0.717, 1.165) is 45.2 Å². The van der Waals surface area contributed by atoms with Gasteiger partial charge in [0.2, 0.25) is 22.9 Å². The molecule has 17 N–H and O–H groups in total.